The molecule has 0 N–H and O–H groups in total. The standard InChI is InChI=1S/C14H11O.2C6H5.Sn.H/c15-11-14(12-7-3-1-4-8-12)13-9-5-2-6-10-13;2*1-2-4-6-5-3-1;;/h1-11H;2*1-5H;;. The molecule has 28 heavy (non-hydrogen) atoms. The molecule has 4 aromatic carbocycles. The molecule has 0 unspecified atom stereocenters. The van der Waals surface area contributed by atoms with Crippen molar-refractivity contribution in [1.82, 2.24) is 0 Å². The fourth-order valence-corrected chi connectivity index (χ4v) is 15.1. The van der Waals surface area contributed by atoms with Crippen molar-refractivity contribution in [1.29, 1.82) is 0 Å². The van der Waals surface area contributed by atoms with Crippen LogP contribution in [0.25, 0.3) is 0 Å². The second-order valence-corrected chi connectivity index (χ2v) is 15.8. The molecular formula is C26H22OSn. The van der Waals surface area contributed by atoms with Crippen molar-refractivity contribution >= 4 is 33.2 Å². The Balaban J connectivity index is 2.07. The fourth-order valence-electron chi connectivity index (χ4n) is 4.14. The Hall–Kier alpha value is -2.65. The van der Waals surface area contributed by atoms with Crippen molar-refractivity contribution in [3.63, 3.8) is 0 Å². The van der Waals surface area contributed by atoms with Crippen molar-refractivity contribution in [2.24, 2.45) is 0 Å². The van der Waals surface area contributed by atoms with Crippen molar-refractivity contribution in [3.8, 4) is 0 Å². The van der Waals surface area contributed by atoms with Crippen molar-refractivity contribution < 1.29 is 4.79 Å². The minimum absolute atomic E-state index is 0.618. The van der Waals surface area contributed by atoms with Gasteiger partial charge < -0.3 is 0 Å². The minimum atomic E-state index is -2.99. The van der Waals surface area contributed by atoms with Gasteiger partial charge in [0, 0.05) is 0 Å². The predicted octanol–water partition coefficient (Wildman–Crippen LogP) is 3.75. The van der Waals surface area contributed by atoms with Gasteiger partial charge in [0.25, 0.3) is 0 Å². The van der Waals surface area contributed by atoms with E-state index in [1.165, 1.54) is 13.4 Å². The van der Waals surface area contributed by atoms with E-state index in [-0.39, 0.29) is 0 Å². The molecule has 2 heteroatoms. The van der Waals surface area contributed by atoms with E-state index in [9.17, 15) is 4.79 Å². The summed E-state index contributed by atoms with van der Waals surface area (Å²) < 4.78 is 2.04. The Bertz CT molecular complexity index is 936. The van der Waals surface area contributed by atoms with Gasteiger partial charge >= 0.3 is 174 Å². The van der Waals surface area contributed by atoms with Crippen LogP contribution in [0.15, 0.2) is 121 Å². The van der Waals surface area contributed by atoms with Crippen LogP contribution in [0, 0.1) is 0 Å². The molecule has 0 bridgehead atoms. The fraction of sp³-hybridized carbons (Fsp3) is 0.0385. The molecule has 0 spiro atoms. The Labute approximate surface area is 173 Å². The molecule has 0 heterocycles. The summed E-state index contributed by atoms with van der Waals surface area (Å²) in [5.41, 5.74) is 2.18. The Morgan fingerprint density at radius 2 is 0.821 bits per heavy atom. The summed E-state index contributed by atoms with van der Waals surface area (Å²) >= 11 is -2.99. The number of rotatable bonds is 6. The van der Waals surface area contributed by atoms with Crippen LogP contribution in [0.2, 0.25) is 0 Å². The van der Waals surface area contributed by atoms with Gasteiger partial charge in [-0.2, -0.15) is 0 Å². The molecule has 0 aliphatic carbocycles. The maximum absolute atomic E-state index is 13.1. The van der Waals surface area contributed by atoms with Crippen LogP contribution in [-0.4, -0.2) is 26.0 Å². The number of hydrogen-bond acceptors (Lipinski definition) is 1. The first kappa shape index (κ1) is 18.7. The summed E-state index contributed by atoms with van der Waals surface area (Å²) in [5.74, 6) is 0. The van der Waals surface area contributed by atoms with E-state index in [1.807, 2.05) is 48.5 Å². The van der Waals surface area contributed by atoms with Crippen LogP contribution >= 0.6 is 0 Å². The molecule has 0 aliphatic rings. The molecule has 0 radical (unpaired) electrons. The summed E-state index contributed by atoms with van der Waals surface area (Å²) in [4.78, 5) is 13.1. The van der Waals surface area contributed by atoms with Crippen molar-refractivity contribution in [2.75, 3.05) is 0 Å². The van der Waals surface area contributed by atoms with Gasteiger partial charge in [0.2, 0.25) is 0 Å². The third kappa shape index (κ3) is 3.43. The van der Waals surface area contributed by atoms with Gasteiger partial charge in [0.05, 0.1) is 0 Å². The van der Waals surface area contributed by atoms with Gasteiger partial charge in [-0.1, -0.05) is 0 Å². The van der Waals surface area contributed by atoms with Gasteiger partial charge in [0.1, 0.15) is 0 Å². The number of carbonyl (C=O) groups excluding carboxylic acids is 1. The molecule has 0 aliphatic heterocycles. The average Bonchev–Trinajstić information content (AvgIpc) is 2.80. The van der Waals surface area contributed by atoms with E-state index in [0.29, 0.717) is 0 Å². The quantitative estimate of drug-likeness (QED) is 0.311. The Morgan fingerprint density at radius 1 is 0.500 bits per heavy atom. The average molecular weight is 469 g/mol. The molecule has 0 atom stereocenters. The second kappa shape index (κ2) is 8.57. The van der Waals surface area contributed by atoms with E-state index in [0.717, 1.165) is 11.1 Å². The Kier molecular flexibility index (Phi) is 5.73. The van der Waals surface area contributed by atoms with Gasteiger partial charge in [0.15, 0.2) is 0 Å². The third-order valence-electron chi connectivity index (χ3n) is 5.41. The number of carbonyl (C=O) groups is 1. The molecule has 0 saturated heterocycles. The molecule has 4 aromatic rings. The molecule has 0 aromatic heterocycles. The van der Waals surface area contributed by atoms with E-state index < -0.39 is 23.2 Å². The monoisotopic (exact) mass is 470 g/mol. The van der Waals surface area contributed by atoms with E-state index in [1.54, 1.807) is 0 Å². The zero-order chi connectivity index (χ0) is 19.2. The summed E-state index contributed by atoms with van der Waals surface area (Å²) in [6.07, 6.45) is 1.22. The maximum atomic E-state index is 13.1. The zero-order valence-electron chi connectivity index (χ0n) is 15.6. The van der Waals surface area contributed by atoms with Gasteiger partial charge in [-0.05, 0) is 0 Å². The van der Waals surface area contributed by atoms with Crippen molar-refractivity contribution in [3.05, 3.63) is 132 Å². The molecule has 136 valence electrons. The first-order chi connectivity index (χ1) is 13.9. The van der Waals surface area contributed by atoms with Crippen LogP contribution < -0.4 is 7.16 Å². The first-order valence-electron chi connectivity index (χ1n) is 9.53. The van der Waals surface area contributed by atoms with E-state index in [2.05, 4.69) is 72.8 Å². The SMILES string of the molecule is O=C[C](c1ccccc1)(c1ccccc1)[SnH]([c]1ccccc1)[c]1ccccc1. The van der Waals surface area contributed by atoms with Crippen LogP contribution in [0.3, 0.4) is 0 Å². The van der Waals surface area contributed by atoms with Gasteiger partial charge in [-0.15, -0.1) is 0 Å². The molecule has 0 saturated carbocycles. The summed E-state index contributed by atoms with van der Waals surface area (Å²) in [6, 6.07) is 41.9. The summed E-state index contributed by atoms with van der Waals surface area (Å²) in [5, 5.41) is 0. The Morgan fingerprint density at radius 3 is 1.14 bits per heavy atom. The predicted molar refractivity (Wildman–Crippen MR) is 119 cm³/mol. The van der Waals surface area contributed by atoms with Crippen molar-refractivity contribution in [2.45, 2.75) is 3.43 Å². The van der Waals surface area contributed by atoms with Gasteiger partial charge in [-0.25, -0.2) is 0 Å². The van der Waals surface area contributed by atoms with Crippen LogP contribution in [0.5, 0.6) is 0 Å². The normalized spacial score (nSPS) is 11.3. The zero-order valence-corrected chi connectivity index (χ0v) is 18.9. The third-order valence-corrected chi connectivity index (χ3v) is 16.3. The summed E-state index contributed by atoms with van der Waals surface area (Å²) in [7, 11) is 0. The van der Waals surface area contributed by atoms with E-state index >= 15 is 0 Å². The summed E-state index contributed by atoms with van der Waals surface area (Å²) in [6.45, 7) is 0. The number of hydrogen-bond donors (Lipinski definition) is 0. The number of benzene rings is 4. The van der Waals surface area contributed by atoms with E-state index in [4.69, 9.17) is 0 Å². The molecule has 4 rings (SSSR count). The van der Waals surface area contributed by atoms with Crippen LogP contribution in [0.1, 0.15) is 11.1 Å². The second-order valence-electron chi connectivity index (χ2n) is 6.97. The molecular weight excluding hydrogens is 447 g/mol. The van der Waals surface area contributed by atoms with Crippen LogP contribution in [-0.2, 0) is 8.23 Å². The number of aldehydes is 1. The molecule has 1 nitrogen and oxygen atoms in total. The molecule has 0 amide bonds. The van der Waals surface area contributed by atoms with Crippen LogP contribution in [0.4, 0.5) is 0 Å². The molecule has 0 fully saturated rings. The topological polar surface area (TPSA) is 17.1 Å². The first-order valence-corrected chi connectivity index (χ1v) is 14.5. The van der Waals surface area contributed by atoms with Gasteiger partial charge in [-0.3, -0.25) is 0 Å².